The normalized spacial score (nSPS) is 10.6. The minimum absolute atomic E-state index is 0.117. The van der Waals surface area contributed by atoms with Crippen molar-refractivity contribution in [2.45, 2.75) is 20.3 Å². The molecule has 0 aliphatic rings. The highest BCUT2D eigenvalue weighted by molar-refractivity contribution is 6.39. The molecule has 0 aliphatic carbocycles. The Morgan fingerprint density at radius 1 is 1.04 bits per heavy atom. The Labute approximate surface area is 171 Å². The lowest BCUT2D eigenvalue weighted by Crippen LogP contribution is -2.14. The van der Waals surface area contributed by atoms with Crippen LogP contribution in [0.1, 0.15) is 29.5 Å². The van der Waals surface area contributed by atoms with Gasteiger partial charge in [0, 0.05) is 23.4 Å². The Morgan fingerprint density at radius 3 is 2.29 bits per heavy atom. The molecule has 3 rings (SSSR count). The maximum atomic E-state index is 12.9. The monoisotopic (exact) mass is 417 g/mol. The first kappa shape index (κ1) is 19.9. The highest BCUT2D eigenvalue weighted by Gasteiger charge is 2.25. The van der Waals surface area contributed by atoms with Gasteiger partial charge in [-0.1, -0.05) is 47.4 Å². The molecule has 144 valence electrons. The van der Waals surface area contributed by atoms with Crippen molar-refractivity contribution in [3.63, 3.8) is 0 Å². The number of nitrogens with zero attached hydrogens (tertiary/aromatic N) is 1. The molecule has 0 spiro atoms. The molecule has 2 amide bonds. The van der Waals surface area contributed by atoms with Gasteiger partial charge in [0.15, 0.2) is 0 Å². The Hall–Kier alpha value is -2.83. The van der Waals surface area contributed by atoms with Gasteiger partial charge in [-0.3, -0.25) is 9.59 Å². The second-order valence-corrected chi connectivity index (χ2v) is 6.81. The maximum absolute atomic E-state index is 12.9. The summed E-state index contributed by atoms with van der Waals surface area (Å²) < 4.78 is 5.22. The lowest BCUT2D eigenvalue weighted by Gasteiger charge is -2.09. The van der Waals surface area contributed by atoms with Crippen molar-refractivity contribution < 1.29 is 14.1 Å². The number of hydrogen-bond donors (Lipinski definition) is 2. The first-order valence-corrected chi connectivity index (χ1v) is 9.28. The van der Waals surface area contributed by atoms with Crippen LogP contribution in [0.4, 0.5) is 11.4 Å². The van der Waals surface area contributed by atoms with Gasteiger partial charge in [0.2, 0.25) is 5.91 Å². The third kappa shape index (κ3) is 4.18. The minimum Gasteiger partial charge on any atom is -0.360 e. The van der Waals surface area contributed by atoms with Gasteiger partial charge in [-0.15, -0.1) is 0 Å². The smallest absolute Gasteiger partial charge is 0.261 e. The number of carbonyl (C=O) groups excluding carboxylic acids is 2. The van der Waals surface area contributed by atoms with E-state index in [1.807, 2.05) is 0 Å². The number of aryl methyl sites for hydroxylation is 1. The molecule has 3 aromatic rings. The molecule has 0 unspecified atom stereocenters. The Balaban J connectivity index is 1.92. The standard InChI is InChI=1S/C20H17Cl2N3O3/c1-3-16(26)23-12-6-4-7-13(10-12)24-20(27)17-11(2)28-25-19(17)18-14(21)8-5-9-15(18)22/h4-10H,3H2,1-2H3,(H,23,26)(H,24,27). The number of anilines is 2. The van der Waals surface area contributed by atoms with Crippen molar-refractivity contribution in [3.05, 3.63) is 63.8 Å². The summed E-state index contributed by atoms with van der Waals surface area (Å²) in [6.45, 7) is 3.39. The molecule has 0 atom stereocenters. The fourth-order valence-corrected chi connectivity index (χ4v) is 3.23. The van der Waals surface area contributed by atoms with Crippen LogP contribution in [0.2, 0.25) is 10.0 Å². The Morgan fingerprint density at radius 2 is 1.64 bits per heavy atom. The zero-order valence-electron chi connectivity index (χ0n) is 15.2. The van der Waals surface area contributed by atoms with E-state index in [-0.39, 0.29) is 17.2 Å². The quantitative estimate of drug-likeness (QED) is 0.569. The maximum Gasteiger partial charge on any atom is 0.261 e. The fourth-order valence-electron chi connectivity index (χ4n) is 2.65. The van der Waals surface area contributed by atoms with Gasteiger partial charge in [-0.05, 0) is 37.3 Å². The molecule has 28 heavy (non-hydrogen) atoms. The van der Waals surface area contributed by atoms with E-state index >= 15 is 0 Å². The number of halogens is 2. The second-order valence-electron chi connectivity index (χ2n) is 6.00. The summed E-state index contributed by atoms with van der Waals surface area (Å²) in [6, 6.07) is 11.9. The largest absolute Gasteiger partial charge is 0.360 e. The molecule has 2 aromatic carbocycles. The zero-order valence-corrected chi connectivity index (χ0v) is 16.7. The van der Waals surface area contributed by atoms with Crippen molar-refractivity contribution in [1.29, 1.82) is 0 Å². The molecular formula is C20H17Cl2N3O3. The third-order valence-electron chi connectivity index (χ3n) is 4.01. The van der Waals surface area contributed by atoms with Crippen molar-refractivity contribution >= 4 is 46.4 Å². The Kier molecular flexibility index (Phi) is 6.02. The molecule has 2 N–H and O–H groups in total. The predicted octanol–water partition coefficient (Wildman–Crippen LogP) is 5.56. The third-order valence-corrected chi connectivity index (χ3v) is 4.64. The van der Waals surface area contributed by atoms with Crippen LogP contribution in [0.3, 0.4) is 0 Å². The van der Waals surface area contributed by atoms with E-state index in [0.717, 1.165) is 0 Å². The minimum atomic E-state index is -0.427. The van der Waals surface area contributed by atoms with Crippen LogP contribution in [0.5, 0.6) is 0 Å². The number of aromatic nitrogens is 1. The summed E-state index contributed by atoms with van der Waals surface area (Å²) >= 11 is 12.5. The van der Waals surface area contributed by atoms with Gasteiger partial charge < -0.3 is 15.2 Å². The number of hydrogen-bond acceptors (Lipinski definition) is 4. The lowest BCUT2D eigenvalue weighted by atomic mass is 10.1. The number of amides is 2. The highest BCUT2D eigenvalue weighted by Crippen LogP contribution is 2.37. The second kappa shape index (κ2) is 8.46. The van der Waals surface area contributed by atoms with Crippen molar-refractivity contribution in [2.24, 2.45) is 0 Å². The van der Waals surface area contributed by atoms with E-state index in [1.54, 1.807) is 56.3 Å². The molecule has 0 aliphatic heterocycles. The number of carbonyl (C=O) groups is 2. The summed E-state index contributed by atoms with van der Waals surface area (Å²) in [6.07, 6.45) is 0.360. The van der Waals surface area contributed by atoms with Crippen molar-refractivity contribution in [3.8, 4) is 11.3 Å². The van der Waals surface area contributed by atoms with E-state index in [9.17, 15) is 9.59 Å². The molecule has 0 saturated carbocycles. The van der Waals surface area contributed by atoms with Crippen molar-refractivity contribution in [1.82, 2.24) is 5.16 Å². The van der Waals surface area contributed by atoms with Crippen molar-refractivity contribution in [2.75, 3.05) is 10.6 Å². The van der Waals surface area contributed by atoms with Gasteiger partial charge in [0.05, 0.1) is 10.0 Å². The molecule has 0 fully saturated rings. The molecule has 0 saturated heterocycles. The lowest BCUT2D eigenvalue weighted by molar-refractivity contribution is -0.115. The van der Waals surface area contributed by atoms with Crippen LogP contribution in [-0.2, 0) is 4.79 Å². The molecular weight excluding hydrogens is 401 g/mol. The first-order valence-electron chi connectivity index (χ1n) is 8.52. The van der Waals surface area contributed by atoms with Gasteiger partial charge in [0.25, 0.3) is 5.91 Å². The summed E-state index contributed by atoms with van der Waals surface area (Å²) in [5.74, 6) is -0.211. The molecule has 1 heterocycles. The summed E-state index contributed by atoms with van der Waals surface area (Å²) in [5, 5.41) is 10.2. The van der Waals surface area contributed by atoms with Crippen LogP contribution < -0.4 is 10.6 Å². The number of rotatable bonds is 5. The van der Waals surface area contributed by atoms with Gasteiger partial charge in [-0.2, -0.15) is 0 Å². The van der Waals surface area contributed by atoms with Gasteiger partial charge >= 0.3 is 0 Å². The van der Waals surface area contributed by atoms with E-state index < -0.39 is 5.91 Å². The fraction of sp³-hybridized carbons (Fsp3) is 0.150. The van der Waals surface area contributed by atoms with Crippen LogP contribution in [0.15, 0.2) is 47.0 Å². The summed E-state index contributed by atoms with van der Waals surface area (Å²) in [4.78, 5) is 24.5. The van der Waals surface area contributed by atoms with E-state index in [1.165, 1.54) is 0 Å². The van der Waals surface area contributed by atoms with Crippen LogP contribution in [0, 0.1) is 6.92 Å². The van der Waals surface area contributed by atoms with Gasteiger partial charge in [0.1, 0.15) is 17.0 Å². The molecule has 8 heteroatoms. The average Bonchev–Trinajstić information content (AvgIpc) is 3.03. The molecule has 0 bridgehead atoms. The van der Waals surface area contributed by atoms with Crippen LogP contribution >= 0.6 is 23.2 Å². The zero-order chi connectivity index (χ0) is 20.3. The summed E-state index contributed by atoms with van der Waals surface area (Å²) in [5.41, 5.74) is 2.02. The van der Waals surface area contributed by atoms with Crippen LogP contribution in [0.25, 0.3) is 11.3 Å². The average molecular weight is 418 g/mol. The van der Waals surface area contributed by atoms with Crippen LogP contribution in [-0.4, -0.2) is 17.0 Å². The summed E-state index contributed by atoms with van der Waals surface area (Å²) in [7, 11) is 0. The molecule has 0 radical (unpaired) electrons. The number of nitrogens with one attached hydrogen (secondary N) is 2. The van der Waals surface area contributed by atoms with E-state index in [4.69, 9.17) is 27.7 Å². The predicted molar refractivity (Wildman–Crippen MR) is 110 cm³/mol. The van der Waals surface area contributed by atoms with E-state index in [0.29, 0.717) is 39.2 Å². The Bertz CT molecular complexity index is 1030. The number of benzene rings is 2. The topological polar surface area (TPSA) is 84.2 Å². The molecule has 1 aromatic heterocycles. The SMILES string of the molecule is CCC(=O)Nc1cccc(NC(=O)c2c(-c3c(Cl)cccc3Cl)noc2C)c1. The van der Waals surface area contributed by atoms with E-state index in [2.05, 4.69) is 15.8 Å². The highest BCUT2D eigenvalue weighted by atomic mass is 35.5. The first-order chi connectivity index (χ1) is 13.4. The molecule has 6 nitrogen and oxygen atoms in total. The van der Waals surface area contributed by atoms with Gasteiger partial charge in [-0.25, -0.2) is 0 Å².